The summed E-state index contributed by atoms with van der Waals surface area (Å²) in [6.07, 6.45) is 0. The Morgan fingerprint density at radius 3 is 0.926 bits per heavy atom. The van der Waals surface area contributed by atoms with Gasteiger partial charge in [0.25, 0.3) is 0 Å². The fourth-order valence-corrected chi connectivity index (χ4v) is 9.53. The highest BCUT2D eigenvalue weighted by Crippen LogP contribution is 2.62. The number of hydrogen-bond donors (Lipinski definition) is 0. The summed E-state index contributed by atoms with van der Waals surface area (Å²) in [7, 11) is 0. The summed E-state index contributed by atoms with van der Waals surface area (Å²) in [5.74, 6) is 0. The molecule has 0 fully saturated rings. The third kappa shape index (κ3) is 4.73. The summed E-state index contributed by atoms with van der Waals surface area (Å²) in [6.45, 7) is 9.79. The van der Waals surface area contributed by atoms with Gasteiger partial charge in [-0.15, -0.1) is 0 Å². The Hall–Kier alpha value is -6.38. The zero-order valence-corrected chi connectivity index (χ0v) is 31.2. The number of rotatable bonds is 6. The highest BCUT2D eigenvalue weighted by Gasteiger charge is 2.47. The largest absolute Gasteiger partial charge is 0.310 e. The van der Waals surface area contributed by atoms with Crippen molar-refractivity contribution in [1.29, 1.82) is 0 Å². The maximum atomic E-state index is 2.46. The molecule has 0 saturated heterocycles. The molecule has 260 valence electrons. The van der Waals surface area contributed by atoms with Crippen LogP contribution in [0.2, 0.25) is 0 Å². The SMILES string of the molecule is CC1(C)c2cc(N(c3ccccc3)c3ccccc3)ccc2-c2c1c1c(c3ccccc23)-c2ccc(N(c3ccccc3)c3ccccc3)cc2C1(C)C. The second-order valence-electron chi connectivity index (χ2n) is 15.8. The van der Waals surface area contributed by atoms with Crippen LogP contribution in [0.15, 0.2) is 182 Å². The van der Waals surface area contributed by atoms with Crippen LogP contribution in [0.3, 0.4) is 0 Å². The van der Waals surface area contributed by atoms with Crippen LogP contribution in [0, 0.1) is 0 Å². The monoisotopic (exact) mass is 694 g/mol. The lowest BCUT2D eigenvalue weighted by molar-refractivity contribution is 0.602. The molecule has 2 nitrogen and oxygen atoms in total. The van der Waals surface area contributed by atoms with Crippen LogP contribution in [-0.4, -0.2) is 0 Å². The molecular formula is C52H42N2. The molecule has 0 N–H and O–H groups in total. The van der Waals surface area contributed by atoms with Crippen LogP contribution >= 0.6 is 0 Å². The predicted molar refractivity (Wildman–Crippen MR) is 228 cm³/mol. The standard InChI is InChI=1S/C52H42N2/c1-51(2)45-33-39(53(35-19-9-5-10-20-35)36-21-11-6-12-22-36)29-31-43(45)47-41-27-17-18-28-42(41)48-44-32-30-40(34-46(44)52(3,4)50(48)49(47)51)54(37-23-13-7-14-24-37)38-25-15-8-16-26-38/h5-34H,1-4H3. The van der Waals surface area contributed by atoms with Crippen LogP contribution in [0.1, 0.15) is 49.9 Å². The Morgan fingerprint density at radius 1 is 0.315 bits per heavy atom. The fourth-order valence-electron chi connectivity index (χ4n) is 9.53. The summed E-state index contributed by atoms with van der Waals surface area (Å²) >= 11 is 0. The van der Waals surface area contributed by atoms with E-state index in [0.29, 0.717) is 0 Å². The van der Waals surface area contributed by atoms with Gasteiger partial charge in [-0.25, -0.2) is 0 Å². The molecule has 0 aromatic heterocycles. The van der Waals surface area contributed by atoms with E-state index in [1.54, 1.807) is 0 Å². The number of nitrogens with zero attached hydrogens (tertiary/aromatic N) is 2. The predicted octanol–water partition coefficient (Wildman–Crippen LogP) is 14.4. The van der Waals surface area contributed by atoms with E-state index < -0.39 is 0 Å². The number of anilines is 6. The first-order valence-electron chi connectivity index (χ1n) is 19.0. The molecule has 0 radical (unpaired) electrons. The Bertz CT molecular complexity index is 2430. The maximum absolute atomic E-state index is 2.46. The number of para-hydroxylation sites is 4. The molecule has 8 aromatic carbocycles. The van der Waals surface area contributed by atoms with Crippen molar-refractivity contribution in [3.8, 4) is 22.3 Å². The van der Waals surface area contributed by atoms with E-state index in [0.717, 1.165) is 22.7 Å². The van der Waals surface area contributed by atoms with Gasteiger partial charge in [0.15, 0.2) is 0 Å². The topological polar surface area (TPSA) is 6.48 Å². The molecule has 0 spiro atoms. The van der Waals surface area contributed by atoms with Crippen molar-refractivity contribution in [3.05, 3.63) is 204 Å². The van der Waals surface area contributed by atoms with E-state index in [4.69, 9.17) is 0 Å². The molecule has 2 aliphatic rings. The van der Waals surface area contributed by atoms with E-state index in [1.165, 1.54) is 66.7 Å². The molecule has 0 saturated carbocycles. The van der Waals surface area contributed by atoms with Gasteiger partial charge < -0.3 is 9.80 Å². The molecular weight excluding hydrogens is 653 g/mol. The molecule has 0 unspecified atom stereocenters. The van der Waals surface area contributed by atoms with Crippen molar-refractivity contribution in [2.45, 2.75) is 38.5 Å². The van der Waals surface area contributed by atoms with Crippen molar-refractivity contribution in [3.63, 3.8) is 0 Å². The summed E-state index contributed by atoms with van der Waals surface area (Å²) in [5.41, 5.74) is 17.6. The average Bonchev–Trinajstić information content (AvgIpc) is 3.59. The van der Waals surface area contributed by atoms with Crippen molar-refractivity contribution in [2.24, 2.45) is 0 Å². The summed E-state index contributed by atoms with van der Waals surface area (Å²) in [4.78, 5) is 4.77. The van der Waals surface area contributed by atoms with Gasteiger partial charge >= 0.3 is 0 Å². The van der Waals surface area contributed by atoms with Gasteiger partial charge in [0.2, 0.25) is 0 Å². The van der Waals surface area contributed by atoms with Gasteiger partial charge in [0.1, 0.15) is 0 Å². The lowest BCUT2D eigenvalue weighted by Gasteiger charge is -2.32. The van der Waals surface area contributed by atoms with Gasteiger partial charge in [-0.1, -0.05) is 137 Å². The smallest absolute Gasteiger partial charge is 0.0465 e. The zero-order chi connectivity index (χ0) is 36.6. The normalized spacial score (nSPS) is 14.2. The van der Waals surface area contributed by atoms with E-state index in [1.807, 2.05) is 0 Å². The first-order chi connectivity index (χ1) is 26.3. The lowest BCUT2D eigenvalue weighted by atomic mass is 9.71. The van der Waals surface area contributed by atoms with Gasteiger partial charge in [-0.05, 0) is 128 Å². The average molecular weight is 695 g/mol. The van der Waals surface area contributed by atoms with Gasteiger partial charge in [-0.2, -0.15) is 0 Å². The molecule has 0 heterocycles. The highest BCUT2D eigenvalue weighted by atomic mass is 15.1. The fraction of sp³-hybridized carbons (Fsp3) is 0.115. The van der Waals surface area contributed by atoms with Crippen molar-refractivity contribution >= 4 is 44.9 Å². The number of benzene rings is 8. The molecule has 8 aromatic rings. The lowest BCUT2D eigenvalue weighted by Crippen LogP contribution is -2.24. The van der Waals surface area contributed by atoms with E-state index in [-0.39, 0.29) is 10.8 Å². The molecule has 0 bridgehead atoms. The van der Waals surface area contributed by atoms with Crippen LogP contribution in [0.25, 0.3) is 33.0 Å². The summed E-state index contributed by atoms with van der Waals surface area (Å²) in [5, 5.41) is 2.66. The van der Waals surface area contributed by atoms with Gasteiger partial charge in [-0.3, -0.25) is 0 Å². The van der Waals surface area contributed by atoms with Crippen LogP contribution < -0.4 is 9.80 Å². The van der Waals surface area contributed by atoms with Crippen molar-refractivity contribution < 1.29 is 0 Å². The van der Waals surface area contributed by atoms with Gasteiger partial charge in [0.05, 0.1) is 0 Å². The van der Waals surface area contributed by atoms with Crippen LogP contribution in [0.5, 0.6) is 0 Å². The minimum Gasteiger partial charge on any atom is -0.310 e. The Balaban J connectivity index is 1.18. The number of hydrogen-bond acceptors (Lipinski definition) is 2. The molecule has 2 aliphatic carbocycles. The molecule has 2 heteroatoms. The van der Waals surface area contributed by atoms with Crippen LogP contribution in [0.4, 0.5) is 34.1 Å². The quantitative estimate of drug-likeness (QED) is 0.171. The van der Waals surface area contributed by atoms with Gasteiger partial charge in [0, 0.05) is 45.0 Å². The molecule has 54 heavy (non-hydrogen) atoms. The summed E-state index contributed by atoms with van der Waals surface area (Å²) in [6, 6.07) is 66.4. The molecule has 0 amide bonds. The minimum absolute atomic E-state index is 0.240. The molecule has 0 atom stereocenters. The number of fused-ring (bicyclic) bond motifs is 10. The third-order valence-electron chi connectivity index (χ3n) is 11.9. The first kappa shape index (κ1) is 32.3. The minimum atomic E-state index is -0.240. The van der Waals surface area contributed by atoms with E-state index in [2.05, 4.69) is 219 Å². The first-order valence-corrected chi connectivity index (χ1v) is 19.0. The maximum Gasteiger partial charge on any atom is 0.0465 e. The molecule has 10 rings (SSSR count). The highest BCUT2D eigenvalue weighted by molar-refractivity contribution is 6.13. The van der Waals surface area contributed by atoms with Crippen LogP contribution in [-0.2, 0) is 10.8 Å². The van der Waals surface area contributed by atoms with E-state index >= 15 is 0 Å². The zero-order valence-electron chi connectivity index (χ0n) is 31.2. The summed E-state index contributed by atoms with van der Waals surface area (Å²) < 4.78 is 0. The Labute approximate surface area is 318 Å². The Kier molecular flexibility index (Phi) is 7.22. The van der Waals surface area contributed by atoms with Crippen molar-refractivity contribution in [2.75, 3.05) is 9.80 Å². The molecule has 0 aliphatic heterocycles. The van der Waals surface area contributed by atoms with Crippen molar-refractivity contribution in [1.82, 2.24) is 0 Å². The second-order valence-corrected chi connectivity index (χ2v) is 15.8. The second kappa shape index (κ2) is 12.1. The third-order valence-corrected chi connectivity index (χ3v) is 11.9. The Morgan fingerprint density at radius 2 is 0.611 bits per heavy atom. The van der Waals surface area contributed by atoms with E-state index in [9.17, 15) is 0 Å².